The van der Waals surface area contributed by atoms with Crippen LogP contribution >= 0.6 is 11.3 Å². The van der Waals surface area contributed by atoms with Gasteiger partial charge in [0.05, 0.1) is 13.2 Å². The molecule has 0 radical (unpaired) electrons. The number of rotatable bonds is 6. The van der Waals surface area contributed by atoms with Crippen LogP contribution in [0.25, 0.3) is 0 Å². The predicted molar refractivity (Wildman–Crippen MR) is 82.2 cm³/mol. The molecule has 1 amide bonds. The first-order chi connectivity index (χ1) is 9.70. The lowest BCUT2D eigenvalue weighted by Crippen LogP contribution is -2.27. The van der Waals surface area contributed by atoms with Gasteiger partial charge in [-0.25, -0.2) is 0 Å². The van der Waals surface area contributed by atoms with E-state index in [4.69, 9.17) is 4.74 Å². The fraction of sp³-hybridized carbons (Fsp3) is 0.312. The van der Waals surface area contributed by atoms with Gasteiger partial charge in [0.15, 0.2) is 0 Å². The van der Waals surface area contributed by atoms with E-state index in [1.807, 2.05) is 42.6 Å². The maximum atomic E-state index is 12.0. The number of hydrogen-bond donors (Lipinski definition) is 1. The average Bonchev–Trinajstić information content (AvgIpc) is 2.98. The summed E-state index contributed by atoms with van der Waals surface area (Å²) in [5.41, 5.74) is 1.000. The van der Waals surface area contributed by atoms with Gasteiger partial charge in [-0.05, 0) is 30.9 Å². The van der Waals surface area contributed by atoms with Crippen molar-refractivity contribution in [3.05, 3.63) is 52.2 Å². The lowest BCUT2D eigenvalue weighted by Gasteiger charge is -2.17. The van der Waals surface area contributed by atoms with Crippen molar-refractivity contribution in [1.82, 2.24) is 5.32 Å². The summed E-state index contributed by atoms with van der Waals surface area (Å²) in [6.45, 7) is 1.97. The maximum absolute atomic E-state index is 12.0. The standard InChI is InChI=1S/C16H19NO2S/c1-12(14-7-3-4-8-15(14)19-2)17-16(18)10-9-13-6-5-11-20-13/h3-8,11-12H,9-10H2,1-2H3,(H,17,18). The highest BCUT2D eigenvalue weighted by molar-refractivity contribution is 7.09. The second-order valence-corrected chi connectivity index (χ2v) is 5.64. The molecule has 1 aromatic heterocycles. The molecule has 0 aliphatic heterocycles. The molecule has 0 spiro atoms. The molecule has 1 atom stereocenters. The quantitative estimate of drug-likeness (QED) is 0.883. The summed E-state index contributed by atoms with van der Waals surface area (Å²) in [4.78, 5) is 13.2. The number of ether oxygens (including phenoxy) is 1. The van der Waals surface area contributed by atoms with Gasteiger partial charge in [-0.3, -0.25) is 4.79 Å². The molecule has 0 aliphatic rings. The Kier molecular flexibility index (Phi) is 5.18. The number of hydrogen-bond acceptors (Lipinski definition) is 3. The number of methoxy groups -OCH3 is 1. The number of amides is 1. The van der Waals surface area contributed by atoms with E-state index >= 15 is 0 Å². The molecule has 3 nitrogen and oxygen atoms in total. The van der Waals surface area contributed by atoms with Crippen LogP contribution in [0, 0.1) is 0 Å². The highest BCUT2D eigenvalue weighted by atomic mass is 32.1. The third-order valence-electron chi connectivity index (χ3n) is 3.16. The molecule has 2 aromatic rings. The Hall–Kier alpha value is -1.81. The first-order valence-corrected chi connectivity index (χ1v) is 7.53. The van der Waals surface area contributed by atoms with Crippen molar-refractivity contribution in [2.45, 2.75) is 25.8 Å². The summed E-state index contributed by atoms with van der Waals surface area (Å²) < 4.78 is 5.32. The van der Waals surface area contributed by atoms with E-state index in [1.54, 1.807) is 18.4 Å². The molecule has 2 rings (SSSR count). The SMILES string of the molecule is COc1ccccc1C(C)NC(=O)CCc1cccs1. The minimum absolute atomic E-state index is 0.0537. The molecule has 0 saturated heterocycles. The van der Waals surface area contributed by atoms with Crippen LogP contribution in [0.5, 0.6) is 5.75 Å². The van der Waals surface area contributed by atoms with E-state index < -0.39 is 0 Å². The van der Waals surface area contributed by atoms with Gasteiger partial charge in [0.25, 0.3) is 0 Å². The number of nitrogens with one attached hydrogen (secondary N) is 1. The molecule has 0 saturated carbocycles. The van der Waals surface area contributed by atoms with E-state index in [9.17, 15) is 4.79 Å². The van der Waals surface area contributed by atoms with Gasteiger partial charge >= 0.3 is 0 Å². The summed E-state index contributed by atoms with van der Waals surface area (Å²) in [6, 6.07) is 11.8. The third kappa shape index (κ3) is 3.84. The van der Waals surface area contributed by atoms with Crippen LogP contribution in [0.2, 0.25) is 0 Å². The Morgan fingerprint density at radius 3 is 2.80 bits per heavy atom. The summed E-state index contributed by atoms with van der Waals surface area (Å²) in [5.74, 6) is 0.871. The van der Waals surface area contributed by atoms with Crippen molar-refractivity contribution in [2.24, 2.45) is 0 Å². The molecule has 0 aliphatic carbocycles. The summed E-state index contributed by atoms with van der Waals surface area (Å²) >= 11 is 1.69. The van der Waals surface area contributed by atoms with Gasteiger partial charge in [-0.1, -0.05) is 24.3 Å². The Morgan fingerprint density at radius 2 is 2.10 bits per heavy atom. The van der Waals surface area contributed by atoms with E-state index in [1.165, 1.54) is 4.88 Å². The third-order valence-corrected chi connectivity index (χ3v) is 4.10. The Morgan fingerprint density at radius 1 is 1.30 bits per heavy atom. The second kappa shape index (κ2) is 7.10. The molecule has 1 unspecified atom stereocenters. The largest absolute Gasteiger partial charge is 0.496 e. The van der Waals surface area contributed by atoms with E-state index in [-0.39, 0.29) is 11.9 Å². The lowest BCUT2D eigenvalue weighted by molar-refractivity contribution is -0.121. The molecule has 1 aromatic carbocycles. The topological polar surface area (TPSA) is 38.3 Å². The van der Waals surface area contributed by atoms with Gasteiger partial charge in [0.1, 0.15) is 5.75 Å². The molecule has 1 N–H and O–H groups in total. The highest BCUT2D eigenvalue weighted by Crippen LogP contribution is 2.24. The lowest BCUT2D eigenvalue weighted by atomic mass is 10.1. The van der Waals surface area contributed by atoms with E-state index in [0.717, 1.165) is 17.7 Å². The van der Waals surface area contributed by atoms with E-state index in [2.05, 4.69) is 11.4 Å². The summed E-state index contributed by atoms with van der Waals surface area (Å²) in [6.07, 6.45) is 1.31. The van der Waals surface area contributed by atoms with Gasteiger partial charge in [0, 0.05) is 16.9 Å². The van der Waals surface area contributed by atoms with Crippen LogP contribution < -0.4 is 10.1 Å². The van der Waals surface area contributed by atoms with Crippen molar-refractivity contribution in [3.63, 3.8) is 0 Å². The van der Waals surface area contributed by atoms with Gasteiger partial charge < -0.3 is 10.1 Å². The number of benzene rings is 1. The van der Waals surface area contributed by atoms with E-state index in [0.29, 0.717) is 6.42 Å². The van der Waals surface area contributed by atoms with Crippen LogP contribution in [-0.2, 0) is 11.2 Å². The minimum Gasteiger partial charge on any atom is -0.496 e. The molecule has 4 heteroatoms. The molecule has 106 valence electrons. The van der Waals surface area contributed by atoms with Gasteiger partial charge in [-0.15, -0.1) is 11.3 Å². The normalized spacial score (nSPS) is 11.9. The fourth-order valence-corrected chi connectivity index (χ4v) is 2.82. The predicted octanol–water partition coefficient (Wildman–Crippen LogP) is 3.57. The average molecular weight is 289 g/mol. The number of thiophene rings is 1. The summed E-state index contributed by atoms with van der Waals surface area (Å²) in [7, 11) is 1.64. The monoisotopic (exact) mass is 289 g/mol. The van der Waals surface area contributed by atoms with Crippen LogP contribution in [0.3, 0.4) is 0 Å². The Bertz CT molecular complexity index is 551. The van der Waals surface area contributed by atoms with Gasteiger partial charge in [-0.2, -0.15) is 0 Å². The fourth-order valence-electron chi connectivity index (χ4n) is 2.11. The molecule has 20 heavy (non-hydrogen) atoms. The molecule has 0 bridgehead atoms. The first-order valence-electron chi connectivity index (χ1n) is 6.65. The zero-order valence-electron chi connectivity index (χ0n) is 11.8. The number of carbonyl (C=O) groups is 1. The van der Waals surface area contributed by atoms with Crippen molar-refractivity contribution < 1.29 is 9.53 Å². The van der Waals surface area contributed by atoms with Crippen LogP contribution in [-0.4, -0.2) is 13.0 Å². The molecular weight excluding hydrogens is 270 g/mol. The van der Waals surface area contributed by atoms with Crippen LogP contribution in [0.4, 0.5) is 0 Å². The zero-order chi connectivity index (χ0) is 14.4. The molecule has 0 fully saturated rings. The van der Waals surface area contributed by atoms with Crippen LogP contribution in [0.1, 0.15) is 29.8 Å². The molecule has 1 heterocycles. The van der Waals surface area contributed by atoms with Crippen molar-refractivity contribution in [2.75, 3.05) is 7.11 Å². The summed E-state index contributed by atoms with van der Waals surface area (Å²) in [5, 5.41) is 5.05. The number of aryl methyl sites for hydroxylation is 1. The number of carbonyl (C=O) groups excluding carboxylic acids is 1. The van der Waals surface area contributed by atoms with Crippen LogP contribution in [0.15, 0.2) is 41.8 Å². The second-order valence-electron chi connectivity index (χ2n) is 4.61. The first kappa shape index (κ1) is 14.6. The van der Waals surface area contributed by atoms with Crippen molar-refractivity contribution >= 4 is 17.2 Å². The van der Waals surface area contributed by atoms with Crippen molar-refractivity contribution in [3.8, 4) is 5.75 Å². The Labute approximate surface area is 123 Å². The smallest absolute Gasteiger partial charge is 0.220 e. The number of para-hydroxylation sites is 1. The Balaban J connectivity index is 1.90. The highest BCUT2D eigenvalue weighted by Gasteiger charge is 2.13. The minimum atomic E-state index is -0.0537. The van der Waals surface area contributed by atoms with Crippen molar-refractivity contribution in [1.29, 1.82) is 0 Å². The molecular formula is C16H19NO2S. The maximum Gasteiger partial charge on any atom is 0.220 e. The van der Waals surface area contributed by atoms with Gasteiger partial charge in [0.2, 0.25) is 5.91 Å². The zero-order valence-corrected chi connectivity index (χ0v) is 12.6.